The molecule has 0 N–H and O–H groups in total. The van der Waals surface area contributed by atoms with Gasteiger partial charge in [-0.1, -0.05) is 84.9 Å². The minimum atomic E-state index is 0.0573. The van der Waals surface area contributed by atoms with Crippen molar-refractivity contribution in [1.29, 1.82) is 0 Å². The first-order chi connectivity index (χ1) is 11.3. The lowest BCUT2D eigenvalue weighted by Gasteiger charge is -2.14. The second kappa shape index (κ2) is 6.89. The Morgan fingerprint density at radius 1 is 0.826 bits per heavy atom. The van der Waals surface area contributed by atoms with E-state index < -0.39 is 0 Å². The molecule has 0 radical (unpaired) electrons. The molecule has 1 nitrogen and oxygen atoms in total. The fraction of sp³-hybridized carbons (Fsp3) is 0.0455. The summed E-state index contributed by atoms with van der Waals surface area (Å²) >= 11 is 0. The third-order valence-corrected chi connectivity index (χ3v) is 3.86. The molecule has 0 aromatic heterocycles. The van der Waals surface area contributed by atoms with E-state index in [0.717, 1.165) is 22.3 Å². The molecule has 0 saturated heterocycles. The number of allylic oxidation sites excluding steroid dienone is 1. The van der Waals surface area contributed by atoms with Crippen molar-refractivity contribution in [2.75, 3.05) is 0 Å². The first-order valence-electron chi connectivity index (χ1n) is 7.69. The number of hydrogen-bond donors (Lipinski definition) is 0. The van der Waals surface area contributed by atoms with Crippen LogP contribution in [0.5, 0.6) is 0 Å². The lowest BCUT2D eigenvalue weighted by atomic mass is 9.89. The number of ketones is 1. The summed E-state index contributed by atoms with van der Waals surface area (Å²) in [6, 6.07) is 25.5. The topological polar surface area (TPSA) is 17.1 Å². The van der Waals surface area contributed by atoms with E-state index in [-0.39, 0.29) is 5.78 Å². The van der Waals surface area contributed by atoms with Crippen LogP contribution in [0.2, 0.25) is 0 Å². The molecule has 23 heavy (non-hydrogen) atoms. The summed E-state index contributed by atoms with van der Waals surface area (Å²) in [5.74, 6) is 0.0573. The van der Waals surface area contributed by atoms with E-state index in [1.807, 2.05) is 84.9 Å². The van der Waals surface area contributed by atoms with E-state index in [0.29, 0.717) is 12.0 Å². The number of hydrogen-bond acceptors (Lipinski definition) is 1. The quantitative estimate of drug-likeness (QED) is 0.460. The molecule has 0 fully saturated rings. The second-order valence-corrected chi connectivity index (χ2v) is 5.39. The molecule has 0 aliphatic heterocycles. The highest BCUT2D eigenvalue weighted by Crippen LogP contribution is 2.29. The molecule has 0 aliphatic carbocycles. The van der Waals surface area contributed by atoms with Gasteiger partial charge in [0.15, 0.2) is 5.78 Å². The zero-order valence-corrected chi connectivity index (χ0v) is 12.9. The van der Waals surface area contributed by atoms with E-state index >= 15 is 0 Å². The first kappa shape index (κ1) is 15.0. The Bertz CT molecular complexity index is 817. The SMILES string of the molecule is C=CCc1cccc(-c2ccccc2)c1C(=O)c1ccccc1. The molecule has 112 valence electrons. The van der Waals surface area contributed by atoms with Gasteiger partial charge in [-0.2, -0.15) is 0 Å². The first-order valence-corrected chi connectivity index (χ1v) is 7.69. The highest BCUT2D eigenvalue weighted by Gasteiger charge is 2.18. The lowest BCUT2D eigenvalue weighted by Crippen LogP contribution is -2.07. The minimum absolute atomic E-state index is 0.0573. The third kappa shape index (κ3) is 3.14. The molecule has 0 heterocycles. The summed E-state index contributed by atoms with van der Waals surface area (Å²) < 4.78 is 0. The fourth-order valence-electron chi connectivity index (χ4n) is 2.79. The van der Waals surface area contributed by atoms with Crippen LogP contribution in [0.4, 0.5) is 0 Å². The van der Waals surface area contributed by atoms with Gasteiger partial charge in [0, 0.05) is 11.1 Å². The molecule has 3 aromatic carbocycles. The van der Waals surface area contributed by atoms with Crippen LogP contribution in [0.3, 0.4) is 0 Å². The van der Waals surface area contributed by atoms with Gasteiger partial charge in [-0.15, -0.1) is 6.58 Å². The molecule has 0 bridgehead atoms. The van der Waals surface area contributed by atoms with E-state index in [4.69, 9.17) is 0 Å². The molecular formula is C22H18O. The average Bonchev–Trinajstić information content (AvgIpc) is 2.63. The number of benzene rings is 3. The number of carbonyl (C=O) groups excluding carboxylic acids is 1. The smallest absolute Gasteiger partial charge is 0.193 e. The second-order valence-electron chi connectivity index (χ2n) is 5.39. The van der Waals surface area contributed by atoms with Crippen LogP contribution in [0.15, 0.2) is 91.5 Å². The van der Waals surface area contributed by atoms with Gasteiger partial charge in [-0.3, -0.25) is 4.79 Å². The molecule has 0 atom stereocenters. The van der Waals surface area contributed by atoms with Crippen molar-refractivity contribution >= 4 is 5.78 Å². The normalized spacial score (nSPS) is 10.3. The number of rotatable bonds is 5. The van der Waals surface area contributed by atoms with Gasteiger partial charge in [-0.25, -0.2) is 0 Å². The fourth-order valence-corrected chi connectivity index (χ4v) is 2.79. The van der Waals surface area contributed by atoms with Crippen molar-refractivity contribution in [3.63, 3.8) is 0 Å². The van der Waals surface area contributed by atoms with E-state index in [1.165, 1.54) is 0 Å². The van der Waals surface area contributed by atoms with Gasteiger partial charge < -0.3 is 0 Å². The monoisotopic (exact) mass is 298 g/mol. The van der Waals surface area contributed by atoms with Crippen molar-refractivity contribution < 1.29 is 4.79 Å². The van der Waals surface area contributed by atoms with E-state index in [2.05, 4.69) is 6.58 Å². The highest BCUT2D eigenvalue weighted by atomic mass is 16.1. The van der Waals surface area contributed by atoms with Gasteiger partial charge in [0.1, 0.15) is 0 Å². The largest absolute Gasteiger partial charge is 0.289 e. The molecule has 1 heteroatoms. The standard InChI is InChI=1S/C22H18O/c1-2-10-18-15-9-16-20(17-11-5-3-6-12-17)21(18)22(23)19-13-7-4-8-14-19/h2-9,11-16H,1,10H2. The molecule has 0 unspecified atom stereocenters. The van der Waals surface area contributed by atoms with E-state index in [9.17, 15) is 4.79 Å². The maximum atomic E-state index is 13.1. The van der Waals surface area contributed by atoms with Crippen molar-refractivity contribution in [1.82, 2.24) is 0 Å². The van der Waals surface area contributed by atoms with E-state index in [1.54, 1.807) is 0 Å². The van der Waals surface area contributed by atoms with Crippen molar-refractivity contribution in [3.05, 3.63) is 108 Å². The van der Waals surface area contributed by atoms with Crippen LogP contribution in [0.25, 0.3) is 11.1 Å². The summed E-state index contributed by atoms with van der Waals surface area (Å²) in [6.07, 6.45) is 2.51. The minimum Gasteiger partial charge on any atom is -0.289 e. The van der Waals surface area contributed by atoms with Gasteiger partial charge in [0.2, 0.25) is 0 Å². The maximum absolute atomic E-state index is 13.1. The van der Waals surface area contributed by atoms with Crippen molar-refractivity contribution in [3.8, 4) is 11.1 Å². The Labute approximate surface area is 136 Å². The van der Waals surface area contributed by atoms with Gasteiger partial charge in [0.05, 0.1) is 0 Å². The summed E-state index contributed by atoms with van der Waals surface area (Å²) in [4.78, 5) is 13.1. The molecule has 0 spiro atoms. The summed E-state index contributed by atoms with van der Waals surface area (Å²) in [7, 11) is 0. The van der Waals surface area contributed by atoms with Crippen LogP contribution in [-0.2, 0) is 6.42 Å². The third-order valence-electron chi connectivity index (χ3n) is 3.86. The van der Waals surface area contributed by atoms with Crippen LogP contribution >= 0.6 is 0 Å². The van der Waals surface area contributed by atoms with Crippen molar-refractivity contribution in [2.24, 2.45) is 0 Å². The Hall–Kier alpha value is -2.93. The van der Waals surface area contributed by atoms with Crippen LogP contribution in [0.1, 0.15) is 21.5 Å². The van der Waals surface area contributed by atoms with Crippen LogP contribution < -0.4 is 0 Å². The Balaban J connectivity index is 2.20. The zero-order chi connectivity index (χ0) is 16.1. The summed E-state index contributed by atoms with van der Waals surface area (Å²) in [5.41, 5.74) is 4.51. The van der Waals surface area contributed by atoms with Gasteiger partial charge >= 0.3 is 0 Å². The van der Waals surface area contributed by atoms with Gasteiger partial charge in [0.25, 0.3) is 0 Å². The number of carbonyl (C=O) groups is 1. The highest BCUT2D eigenvalue weighted by molar-refractivity contribution is 6.13. The summed E-state index contributed by atoms with van der Waals surface area (Å²) in [5, 5.41) is 0. The molecule has 3 rings (SSSR count). The lowest BCUT2D eigenvalue weighted by molar-refractivity contribution is 0.103. The Kier molecular flexibility index (Phi) is 4.49. The summed E-state index contributed by atoms with van der Waals surface area (Å²) in [6.45, 7) is 3.82. The zero-order valence-electron chi connectivity index (χ0n) is 12.9. The molecule has 0 saturated carbocycles. The van der Waals surface area contributed by atoms with Gasteiger partial charge in [-0.05, 0) is 23.1 Å². The van der Waals surface area contributed by atoms with Crippen LogP contribution in [0, 0.1) is 0 Å². The average molecular weight is 298 g/mol. The maximum Gasteiger partial charge on any atom is 0.193 e. The predicted molar refractivity (Wildman–Crippen MR) is 95.7 cm³/mol. The predicted octanol–water partition coefficient (Wildman–Crippen LogP) is 5.31. The molecule has 3 aromatic rings. The Morgan fingerprint density at radius 2 is 1.48 bits per heavy atom. The van der Waals surface area contributed by atoms with Crippen LogP contribution in [-0.4, -0.2) is 5.78 Å². The Morgan fingerprint density at radius 3 is 2.13 bits per heavy atom. The molecule has 0 aliphatic rings. The molecule has 0 amide bonds. The van der Waals surface area contributed by atoms with Crippen molar-refractivity contribution in [2.45, 2.75) is 6.42 Å². The molecular weight excluding hydrogens is 280 g/mol.